The lowest BCUT2D eigenvalue weighted by Gasteiger charge is -2.35. The van der Waals surface area contributed by atoms with E-state index < -0.39 is 16.7 Å². The molecule has 0 bridgehead atoms. The summed E-state index contributed by atoms with van der Waals surface area (Å²) in [5, 5.41) is 9.41. The van der Waals surface area contributed by atoms with Crippen molar-refractivity contribution in [3.05, 3.63) is 0 Å². The van der Waals surface area contributed by atoms with Gasteiger partial charge in [0.2, 0.25) is 4.75 Å². The Morgan fingerprint density at radius 3 is 2.47 bits per heavy atom. The van der Waals surface area contributed by atoms with Crippen LogP contribution in [0.15, 0.2) is 0 Å². The molecule has 1 fully saturated rings. The molecule has 1 saturated heterocycles. The summed E-state index contributed by atoms with van der Waals surface area (Å²) in [6.07, 6.45) is 2.79. The summed E-state index contributed by atoms with van der Waals surface area (Å²) in [6.45, 7) is 2.87. The number of esters is 1. The highest BCUT2D eigenvalue weighted by molar-refractivity contribution is 8.01. The standard InChI is InChI=1S/C11H18O5S/c1-3-16-10(14)11(17-2,9(12)13)8-4-6-15-7-5-8/h8H,3-7H2,1-2H3,(H,12,13). The van der Waals surface area contributed by atoms with Gasteiger partial charge in [-0.05, 0) is 31.9 Å². The maximum absolute atomic E-state index is 12.0. The van der Waals surface area contributed by atoms with Gasteiger partial charge in [-0.2, -0.15) is 0 Å². The number of carboxylic acids is 1. The third-order valence-electron chi connectivity index (χ3n) is 3.01. The van der Waals surface area contributed by atoms with E-state index in [-0.39, 0.29) is 12.5 Å². The molecule has 0 spiro atoms. The quantitative estimate of drug-likeness (QED) is 0.592. The van der Waals surface area contributed by atoms with Crippen molar-refractivity contribution in [2.24, 2.45) is 5.92 Å². The van der Waals surface area contributed by atoms with Crippen LogP contribution in [-0.2, 0) is 19.1 Å². The maximum atomic E-state index is 12.0. The third kappa shape index (κ3) is 2.74. The van der Waals surface area contributed by atoms with Crippen LogP contribution in [0.5, 0.6) is 0 Å². The zero-order valence-electron chi connectivity index (χ0n) is 10.1. The minimum Gasteiger partial charge on any atom is -0.480 e. The van der Waals surface area contributed by atoms with E-state index in [1.54, 1.807) is 13.2 Å². The van der Waals surface area contributed by atoms with Crippen LogP contribution in [0.25, 0.3) is 0 Å². The van der Waals surface area contributed by atoms with Crippen molar-refractivity contribution in [3.63, 3.8) is 0 Å². The second kappa shape index (κ2) is 6.26. The van der Waals surface area contributed by atoms with Crippen LogP contribution in [0.2, 0.25) is 0 Å². The molecule has 98 valence electrons. The molecule has 0 aliphatic carbocycles. The first-order valence-electron chi connectivity index (χ1n) is 5.63. The number of carboxylic acid groups (broad SMARTS) is 1. The number of thioether (sulfide) groups is 1. The fraction of sp³-hybridized carbons (Fsp3) is 0.818. The van der Waals surface area contributed by atoms with Crippen molar-refractivity contribution in [1.82, 2.24) is 0 Å². The largest absolute Gasteiger partial charge is 0.480 e. The van der Waals surface area contributed by atoms with Gasteiger partial charge < -0.3 is 14.6 Å². The van der Waals surface area contributed by atoms with E-state index in [2.05, 4.69) is 0 Å². The van der Waals surface area contributed by atoms with Crippen LogP contribution < -0.4 is 0 Å². The first-order chi connectivity index (χ1) is 8.09. The second-order valence-corrected chi connectivity index (χ2v) is 4.90. The second-order valence-electron chi connectivity index (χ2n) is 3.85. The summed E-state index contributed by atoms with van der Waals surface area (Å²) in [5.74, 6) is -2.00. The number of hydrogen-bond donors (Lipinski definition) is 1. The first-order valence-corrected chi connectivity index (χ1v) is 6.85. The molecule has 1 rings (SSSR count). The van der Waals surface area contributed by atoms with Crippen LogP contribution >= 0.6 is 11.8 Å². The molecule has 0 saturated carbocycles. The molecular weight excluding hydrogens is 244 g/mol. The number of rotatable bonds is 5. The van der Waals surface area contributed by atoms with Gasteiger partial charge in [0.05, 0.1) is 6.61 Å². The lowest BCUT2D eigenvalue weighted by atomic mass is 9.85. The zero-order chi connectivity index (χ0) is 12.9. The summed E-state index contributed by atoms with van der Waals surface area (Å²) in [7, 11) is 0. The van der Waals surface area contributed by atoms with Gasteiger partial charge in [0, 0.05) is 13.2 Å². The van der Waals surface area contributed by atoms with E-state index in [0.717, 1.165) is 11.8 Å². The van der Waals surface area contributed by atoms with Crippen LogP contribution in [0, 0.1) is 5.92 Å². The summed E-state index contributed by atoms with van der Waals surface area (Å²) >= 11 is 1.05. The van der Waals surface area contributed by atoms with E-state index in [1.807, 2.05) is 0 Å². The van der Waals surface area contributed by atoms with Crippen molar-refractivity contribution >= 4 is 23.7 Å². The molecule has 1 N–H and O–H groups in total. The fourth-order valence-corrected chi connectivity index (χ4v) is 3.08. The molecule has 6 heteroatoms. The smallest absolute Gasteiger partial charge is 0.334 e. The van der Waals surface area contributed by atoms with E-state index in [0.29, 0.717) is 26.1 Å². The molecule has 0 aromatic heterocycles. The molecule has 0 amide bonds. The monoisotopic (exact) mass is 262 g/mol. The Kier molecular flexibility index (Phi) is 5.27. The van der Waals surface area contributed by atoms with E-state index in [1.165, 1.54) is 0 Å². The number of aliphatic carboxylic acids is 1. The molecule has 17 heavy (non-hydrogen) atoms. The van der Waals surface area contributed by atoms with Crippen molar-refractivity contribution in [3.8, 4) is 0 Å². The Bertz CT molecular complexity index is 288. The molecular formula is C11H18O5S. The molecule has 1 unspecified atom stereocenters. The molecule has 1 aliphatic heterocycles. The molecule has 1 heterocycles. The number of ether oxygens (including phenoxy) is 2. The van der Waals surface area contributed by atoms with Gasteiger partial charge in [-0.1, -0.05) is 0 Å². The Hall–Kier alpha value is -0.750. The van der Waals surface area contributed by atoms with Crippen molar-refractivity contribution < 1.29 is 24.2 Å². The van der Waals surface area contributed by atoms with Crippen LogP contribution in [0.1, 0.15) is 19.8 Å². The molecule has 1 atom stereocenters. The molecule has 5 nitrogen and oxygen atoms in total. The highest BCUT2D eigenvalue weighted by Gasteiger charge is 2.53. The predicted octanol–water partition coefficient (Wildman–Crippen LogP) is 1.16. The fourth-order valence-electron chi connectivity index (χ4n) is 2.11. The van der Waals surface area contributed by atoms with Crippen LogP contribution in [0.4, 0.5) is 0 Å². The van der Waals surface area contributed by atoms with Crippen LogP contribution in [-0.4, -0.2) is 47.9 Å². The van der Waals surface area contributed by atoms with Crippen LogP contribution in [0.3, 0.4) is 0 Å². The van der Waals surface area contributed by atoms with E-state index >= 15 is 0 Å². The van der Waals surface area contributed by atoms with Crippen molar-refractivity contribution in [2.75, 3.05) is 26.1 Å². The topological polar surface area (TPSA) is 72.8 Å². The van der Waals surface area contributed by atoms with Gasteiger partial charge in [0.15, 0.2) is 0 Å². The highest BCUT2D eigenvalue weighted by Crippen LogP contribution is 2.39. The molecule has 0 aromatic carbocycles. The summed E-state index contributed by atoms with van der Waals surface area (Å²) in [5.41, 5.74) is 0. The highest BCUT2D eigenvalue weighted by atomic mass is 32.2. The summed E-state index contributed by atoms with van der Waals surface area (Å²) < 4.78 is 8.65. The Morgan fingerprint density at radius 1 is 1.47 bits per heavy atom. The average Bonchev–Trinajstić information content (AvgIpc) is 2.32. The molecule has 0 aromatic rings. The Balaban J connectivity index is 2.98. The number of carbonyl (C=O) groups excluding carboxylic acids is 1. The Morgan fingerprint density at radius 2 is 2.06 bits per heavy atom. The lowest BCUT2D eigenvalue weighted by Crippen LogP contribution is -2.52. The van der Waals surface area contributed by atoms with Gasteiger partial charge >= 0.3 is 11.9 Å². The lowest BCUT2D eigenvalue weighted by molar-refractivity contribution is -0.159. The molecule has 1 aliphatic rings. The number of hydrogen-bond acceptors (Lipinski definition) is 5. The van der Waals surface area contributed by atoms with Gasteiger partial charge in [-0.25, -0.2) is 4.79 Å². The predicted molar refractivity (Wildman–Crippen MR) is 64.1 cm³/mol. The summed E-state index contributed by atoms with van der Waals surface area (Å²) in [4.78, 5) is 23.5. The van der Waals surface area contributed by atoms with E-state index in [9.17, 15) is 14.7 Å². The maximum Gasteiger partial charge on any atom is 0.334 e. The zero-order valence-corrected chi connectivity index (χ0v) is 10.9. The first kappa shape index (κ1) is 14.3. The molecule has 0 radical (unpaired) electrons. The van der Waals surface area contributed by atoms with Gasteiger partial charge in [0.1, 0.15) is 0 Å². The van der Waals surface area contributed by atoms with Gasteiger partial charge in [-0.3, -0.25) is 4.79 Å². The van der Waals surface area contributed by atoms with Gasteiger partial charge in [0.25, 0.3) is 0 Å². The third-order valence-corrected chi connectivity index (χ3v) is 4.33. The minimum atomic E-state index is -1.49. The average molecular weight is 262 g/mol. The Labute approximate surface area is 105 Å². The van der Waals surface area contributed by atoms with Crippen molar-refractivity contribution in [2.45, 2.75) is 24.5 Å². The van der Waals surface area contributed by atoms with Crippen molar-refractivity contribution in [1.29, 1.82) is 0 Å². The summed E-state index contributed by atoms with van der Waals surface area (Å²) in [6, 6.07) is 0. The SMILES string of the molecule is CCOC(=O)C(SC)(C(=O)O)C1CCOCC1. The van der Waals surface area contributed by atoms with Gasteiger partial charge in [-0.15, -0.1) is 11.8 Å². The van der Waals surface area contributed by atoms with E-state index in [4.69, 9.17) is 9.47 Å². The minimum absolute atomic E-state index is 0.192. The normalized spacial score (nSPS) is 20.6. The number of carbonyl (C=O) groups is 2.